The van der Waals surface area contributed by atoms with E-state index in [-0.39, 0.29) is 18.1 Å². The molecule has 0 spiro atoms. The van der Waals surface area contributed by atoms with Crippen molar-refractivity contribution in [2.45, 2.75) is 63.5 Å². The number of rotatable bonds is 2. The summed E-state index contributed by atoms with van der Waals surface area (Å²) >= 11 is 1.47. The summed E-state index contributed by atoms with van der Waals surface area (Å²) in [7, 11) is 0. The van der Waals surface area contributed by atoms with Crippen molar-refractivity contribution in [3.63, 3.8) is 0 Å². The molecule has 33 heavy (non-hydrogen) atoms. The van der Waals surface area contributed by atoms with Crippen molar-refractivity contribution in [3.8, 4) is 6.07 Å². The summed E-state index contributed by atoms with van der Waals surface area (Å²) in [4.78, 5) is 29.2. The molecule has 2 heterocycles. The van der Waals surface area contributed by atoms with Crippen molar-refractivity contribution in [2.75, 3.05) is 4.90 Å². The molecule has 0 unspecified atom stereocenters. The van der Waals surface area contributed by atoms with Gasteiger partial charge in [-0.1, -0.05) is 12.1 Å². The van der Waals surface area contributed by atoms with Crippen LogP contribution in [0.25, 0.3) is 0 Å². The van der Waals surface area contributed by atoms with Gasteiger partial charge >= 0.3 is 6.18 Å². The minimum atomic E-state index is -4.45. The third kappa shape index (κ3) is 3.68. The molecule has 0 radical (unpaired) electrons. The lowest BCUT2D eigenvalue weighted by Gasteiger charge is -2.38. The quantitative estimate of drug-likeness (QED) is 0.537. The van der Waals surface area contributed by atoms with Gasteiger partial charge in [-0.3, -0.25) is 14.5 Å². The standard InChI is InChI=1S/C25H21F3N2O2S/c26-25(27,28)15-10-8-14(9-11-15)17-12-22(32)30(19-5-3-6-20(31)23(17)19)24-18(13-29)16-4-1-2-7-21(16)33-24/h8-11,17H,1-7,12H2/t17-/m0/s1. The number of nitrogens with zero attached hydrogens (tertiary/aromatic N) is 2. The molecule has 4 nitrogen and oxygen atoms in total. The predicted molar refractivity (Wildman–Crippen MR) is 118 cm³/mol. The highest BCUT2D eigenvalue weighted by molar-refractivity contribution is 7.16. The van der Waals surface area contributed by atoms with Gasteiger partial charge in [-0.25, -0.2) is 0 Å². The van der Waals surface area contributed by atoms with Gasteiger partial charge in [0.1, 0.15) is 11.1 Å². The first kappa shape index (κ1) is 21.9. The summed E-state index contributed by atoms with van der Waals surface area (Å²) in [5, 5.41) is 10.5. The van der Waals surface area contributed by atoms with Crippen LogP contribution in [0.5, 0.6) is 0 Å². The van der Waals surface area contributed by atoms with E-state index >= 15 is 0 Å². The van der Waals surface area contributed by atoms with E-state index in [2.05, 4.69) is 6.07 Å². The van der Waals surface area contributed by atoms with E-state index < -0.39 is 17.7 Å². The smallest absolute Gasteiger partial charge is 0.294 e. The number of benzene rings is 1. The highest BCUT2D eigenvalue weighted by atomic mass is 32.1. The Labute approximate surface area is 193 Å². The number of anilines is 1. The number of hydrogen-bond donors (Lipinski definition) is 0. The number of aryl methyl sites for hydroxylation is 1. The summed E-state index contributed by atoms with van der Waals surface area (Å²) in [5.41, 5.74) is 2.44. The summed E-state index contributed by atoms with van der Waals surface area (Å²) in [5.74, 6) is -0.860. The van der Waals surface area contributed by atoms with Crippen LogP contribution in [-0.2, 0) is 28.6 Å². The van der Waals surface area contributed by atoms with Gasteiger partial charge < -0.3 is 0 Å². The molecule has 0 bridgehead atoms. The normalized spacial score (nSPS) is 21.0. The van der Waals surface area contributed by atoms with Crippen molar-refractivity contribution in [3.05, 3.63) is 62.7 Å². The van der Waals surface area contributed by atoms with E-state index in [9.17, 15) is 28.0 Å². The Balaban J connectivity index is 1.62. The number of carbonyl (C=O) groups excluding carboxylic acids is 2. The first-order valence-corrected chi connectivity index (χ1v) is 11.9. The first-order valence-electron chi connectivity index (χ1n) is 11.1. The van der Waals surface area contributed by atoms with Crippen LogP contribution in [0.4, 0.5) is 18.2 Å². The molecule has 0 fully saturated rings. The van der Waals surface area contributed by atoms with Crippen molar-refractivity contribution in [1.29, 1.82) is 5.26 Å². The zero-order valence-corrected chi connectivity index (χ0v) is 18.6. The zero-order valence-electron chi connectivity index (χ0n) is 17.8. The number of allylic oxidation sites excluding steroid dienone is 2. The lowest BCUT2D eigenvalue weighted by atomic mass is 9.77. The van der Waals surface area contributed by atoms with Gasteiger partial charge in [-0.05, 0) is 61.8 Å². The monoisotopic (exact) mass is 470 g/mol. The Morgan fingerprint density at radius 3 is 2.42 bits per heavy atom. The highest BCUT2D eigenvalue weighted by Crippen LogP contribution is 2.48. The molecule has 0 saturated heterocycles. The van der Waals surface area contributed by atoms with Crippen LogP contribution in [0.1, 0.15) is 71.6 Å². The predicted octanol–water partition coefficient (Wildman–Crippen LogP) is 6.04. The minimum absolute atomic E-state index is 0.0105. The Morgan fingerprint density at radius 1 is 1.00 bits per heavy atom. The van der Waals surface area contributed by atoms with Crippen molar-refractivity contribution >= 4 is 28.0 Å². The number of ketones is 1. The summed E-state index contributed by atoms with van der Waals surface area (Å²) in [6, 6.07) is 7.03. The van der Waals surface area contributed by atoms with Gasteiger partial charge in [0.05, 0.1) is 11.1 Å². The second-order valence-corrected chi connectivity index (χ2v) is 9.83. The topological polar surface area (TPSA) is 61.2 Å². The first-order chi connectivity index (χ1) is 15.8. The average molecular weight is 471 g/mol. The van der Waals surface area contributed by atoms with Crippen molar-refractivity contribution in [1.82, 2.24) is 0 Å². The molecule has 1 aliphatic heterocycles. The molecule has 3 aliphatic rings. The zero-order chi connectivity index (χ0) is 23.3. The Hall–Kier alpha value is -2.92. The molecule has 5 rings (SSSR count). The number of alkyl halides is 3. The fraction of sp³-hybridized carbons (Fsp3) is 0.400. The van der Waals surface area contributed by atoms with Crippen LogP contribution >= 0.6 is 11.3 Å². The SMILES string of the molecule is N#Cc1c(N2C(=O)C[C@@H](c3ccc(C(F)(F)F)cc3)C3=C2CCCC3=O)sc2c1CCCC2. The Bertz CT molecular complexity index is 1220. The molecule has 2 aliphatic carbocycles. The van der Waals surface area contributed by atoms with Gasteiger partial charge in [-0.15, -0.1) is 11.3 Å². The van der Waals surface area contributed by atoms with E-state index in [1.807, 2.05) is 0 Å². The van der Waals surface area contributed by atoms with Crippen LogP contribution in [0.3, 0.4) is 0 Å². The number of Topliss-reactive ketones (excluding diaryl/α,β-unsaturated/α-hetero) is 1. The number of halogens is 3. The van der Waals surface area contributed by atoms with Crippen LogP contribution in [0, 0.1) is 11.3 Å². The van der Waals surface area contributed by atoms with Gasteiger partial charge in [-0.2, -0.15) is 18.4 Å². The molecule has 1 atom stereocenters. The second kappa shape index (κ2) is 8.14. The second-order valence-electron chi connectivity index (χ2n) is 8.75. The van der Waals surface area contributed by atoms with E-state index in [0.717, 1.165) is 48.3 Å². The summed E-state index contributed by atoms with van der Waals surface area (Å²) in [6.45, 7) is 0. The van der Waals surface area contributed by atoms with Crippen molar-refractivity contribution < 1.29 is 22.8 Å². The fourth-order valence-corrected chi connectivity index (χ4v) is 6.62. The third-order valence-electron chi connectivity index (χ3n) is 6.78. The van der Waals surface area contributed by atoms with Gasteiger partial charge in [0.2, 0.25) is 5.91 Å². The molecule has 1 aromatic carbocycles. The lowest BCUT2D eigenvalue weighted by molar-refractivity contribution is -0.137. The van der Waals surface area contributed by atoms with Crippen molar-refractivity contribution in [2.24, 2.45) is 0 Å². The summed E-state index contributed by atoms with van der Waals surface area (Å²) in [6.07, 6.45) is 0.779. The maximum atomic E-state index is 13.4. The maximum Gasteiger partial charge on any atom is 0.416 e. The lowest BCUT2D eigenvalue weighted by Crippen LogP contribution is -2.40. The molecule has 0 saturated carbocycles. The van der Waals surface area contributed by atoms with E-state index in [4.69, 9.17) is 0 Å². The molecule has 1 aromatic heterocycles. The van der Waals surface area contributed by atoms with Gasteiger partial charge in [0, 0.05) is 34.9 Å². The van der Waals surface area contributed by atoms with E-state index in [1.165, 1.54) is 23.5 Å². The van der Waals surface area contributed by atoms with Crippen LogP contribution in [0.15, 0.2) is 35.5 Å². The molecular weight excluding hydrogens is 449 g/mol. The number of amides is 1. The molecule has 170 valence electrons. The van der Waals surface area contributed by atoms with Gasteiger partial charge in [0.25, 0.3) is 0 Å². The van der Waals surface area contributed by atoms with E-state index in [1.54, 1.807) is 4.90 Å². The Kier molecular flexibility index (Phi) is 5.40. The minimum Gasteiger partial charge on any atom is -0.294 e. The third-order valence-corrected chi connectivity index (χ3v) is 8.06. The van der Waals surface area contributed by atoms with Crippen LogP contribution in [-0.4, -0.2) is 11.7 Å². The maximum absolute atomic E-state index is 13.4. The number of hydrogen-bond acceptors (Lipinski definition) is 4. The number of fused-ring (bicyclic) bond motifs is 1. The highest BCUT2D eigenvalue weighted by Gasteiger charge is 2.42. The van der Waals surface area contributed by atoms with E-state index in [0.29, 0.717) is 46.7 Å². The molecule has 8 heteroatoms. The van der Waals surface area contributed by atoms with Gasteiger partial charge in [0.15, 0.2) is 5.78 Å². The number of thiophene rings is 1. The average Bonchev–Trinajstić information content (AvgIpc) is 3.16. The summed E-state index contributed by atoms with van der Waals surface area (Å²) < 4.78 is 39.0. The molecular formula is C25H21F3N2O2S. The molecule has 0 N–H and O–H groups in total. The molecule has 2 aromatic rings. The largest absolute Gasteiger partial charge is 0.416 e. The number of nitriles is 1. The number of carbonyl (C=O) groups is 2. The molecule has 1 amide bonds. The van der Waals surface area contributed by atoms with Crippen LogP contribution in [0.2, 0.25) is 0 Å². The van der Waals surface area contributed by atoms with Crippen LogP contribution < -0.4 is 4.90 Å². The Morgan fingerprint density at radius 2 is 1.73 bits per heavy atom. The fourth-order valence-electron chi connectivity index (χ4n) is 5.24.